The number of benzene rings is 1. The summed E-state index contributed by atoms with van der Waals surface area (Å²) in [6.45, 7) is 4.46. The molecule has 90 valence electrons. The number of hydrogen-bond acceptors (Lipinski definition) is 3. The van der Waals surface area contributed by atoms with Crippen molar-refractivity contribution in [1.29, 1.82) is 0 Å². The van der Waals surface area contributed by atoms with Crippen LogP contribution in [0.2, 0.25) is 0 Å². The fraction of sp³-hybridized carbons (Fsp3) is 0.500. The van der Waals surface area contributed by atoms with Gasteiger partial charge in [-0.15, -0.1) is 11.8 Å². The Labute approximate surface area is 101 Å². The number of ether oxygens (including phenoxy) is 1. The van der Waals surface area contributed by atoms with Gasteiger partial charge in [-0.1, -0.05) is 6.92 Å². The van der Waals surface area contributed by atoms with E-state index in [0.717, 1.165) is 24.4 Å². The van der Waals surface area contributed by atoms with E-state index in [-0.39, 0.29) is 5.82 Å². The van der Waals surface area contributed by atoms with Crippen LogP contribution >= 0.6 is 11.8 Å². The summed E-state index contributed by atoms with van der Waals surface area (Å²) in [5, 5.41) is 3.22. The van der Waals surface area contributed by atoms with E-state index in [0.29, 0.717) is 12.4 Å². The monoisotopic (exact) mass is 243 g/mol. The molecule has 1 rings (SSSR count). The molecule has 0 atom stereocenters. The molecule has 0 heterocycles. The lowest BCUT2D eigenvalue weighted by Gasteiger charge is -2.08. The van der Waals surface area contributed by atoms with Crippen molar-refractivity contribution >= 4 is 11.8 Å². The average Bonchev–Trinajstić information content (AvgIpc) is 2.28. The predicted octanol–water partition coefficient (Wildman–Crippen LogP) is 2.93. The number of thioether (sulfide) groups is 1. The summed E-state index contributed by atoms with van der Waals surface area (Å²) in [7, 11) is 0. The van der Waals surface area contributed by atoms with Gasteiger partial charge in [0.1, 0.15) is 18.2 Å². The lowest BCUT2D eigenvalue weighted by Crippen LogP contribution is -2.21. The number of halogens is 1. The molecule has 0 saturated carbocycles. The van der Waals surface area contributed by atoms with Crippen molar-refractivity contribution in [2.24, 2.45) is 0 Å². The second-order valence-corrected chi connectivity index (χ2v) is 4.30. The maximum atomic E-state index is 13.1. The maximum absolute atomic E-state index is 13.1. The van der Waals surface area contributed by atoms with Crippen LogP contribution in [0.3, 0.4) is 0 Å². The second-order valence-electron chi connectivity index (χ2n) is 3.43. The molecule has 0 spiro atoms. The Hall–Kier alpha value is -0.740. The highest BCUT2D eigenvalue weighted by molar-refractivity contribution is 7.98. The molecule has 1 aromatic rings. The Morgan fingerprint density at radius 3 is 2.81 bits per heavy atom. The van der Waals surface area contributed by atoms with Crippen LogP contribution < -0.4 is 10.1 Å². The van der Waals surface area contributed by atoms with E-state index < -0.39 is 0 Å². The van der Waals surface area contributed by atoms with Crippen LogP contribution in [0.1, 0.15) is 13.3 Å². The smallest absolute Gasteiger partial charge is 0.128 e. The Balaban J connectivity index is 2.38. The summed E-state index contributed by atoms with van der Waals surface area (Å²) in [6, 6.07) is 4.78. The molecule has 2 nitrogen and oxygen atoms in total. The van der Waals surface area contributed by atoms with Crippen molar-refractivity contribution in [2.75, 3.05) is 26.0 Å². The molecule has 0 bridgehead atoms. The van der Waals surface area contributed by atoms with E-state index >= 15 is 0 Å². The summed E-state index contributed by atoms with van der Waals surface area (Å²) in [4.78, 5) is 0.886. The van der Waals surface area contributed by atoms with Crippen LogP contribution in [-0.2, 0) is 0 Å². The van der Waals surface area contributed by atoms with Crippen LogP contribution in [0.15, 0.2) is 23.1 Å². The summed E-state index contributed by atoms with van der Waals surface area (Å²) in [5.41, 5.74) is 0. The van der Waals surface area contributed by atoms with Crippen LogP contribution in [0.25, 0.3) is 0 Å². The number of rotatable bonds is 7. The molecule has 1 aromatic carbocycles. The Morgan fingerprint density at radius 1 is 1.31 bits per heavy atom. The zero-order valence-electron chi connectivity index (χ0n) is 9.75. The van der Waals surface area contributed by atoms with Crippen molar-refractivity contribution in [1.82, 2.24) is 5.32 Å². The van der Waals surface area contributed by atoms with Crippen molar-refractivity contribution < 1.29 is 9.13 Å². The van der Waals surface area contributed by atoms with Crippen molar-refractivity contribution in [3.63, 3.8) is 0 Å². The summed E-state index contributed by atoms with van der Waals surface area (Å²) in [6.07, 6.45) is 3.03. The van der Waals surface area contributed by atoms with Gasteiger partial charge in [0.2, 0.25) is 0 Å². The first-order valence-corrected chi connectivity index (χ1v) is 6.67. The second kappa shape index (κ2) is 7.52. The third-order valence-corrected chi connectivity index (χ3v) is 2.76. The van der Waals surface area contributed by atoms with Crippen LogP contribution in [0.4, 0.5) is 4.39 Å². The Bertz CT molecular complexity index is 320. The first-order chi connectivity index (χ1) is 7.76. The van der Waals surface area contributed by atoms with Gasteiger partial charge in [-0.05, 0) is 31.4 Å². The van der Waals surface area contributed by atoms with Gasteiger partial charge < -0.3 is 10.1 Å². The minimum atomic E-state index is -0.247. The molecule has 0 amide bonds. The molecule has 4 heteroatoms. The van der Waals surface area contributed by atoms with Gasteiger partial charge in [-0.2, -0.15) is 0 Å². The van der Waals surface area contributed by atoms with E-state index in [2.05, 4.69) is 12.2 Å². The SMILES string of the molecule is CCCNCCOc1cc(F)cc(SC)c1. The Morgan fingerprint density at radius 2 is 2.12 bits per heavy atom. The minimum absolute atomic E-state index is 0.247. The van der Waals surface area contributed by atoms with Crippen LogP contribution in [0.5, 0.6) is 5.75 Å². The van der Waals surface area contributed by atoms with E-state index in [9.17, 15) is 4.39 Å². The zero-order chi connectivity index (χ0) is 11.8. The molecule has 0 radical (unpaired) electrons. The highest BCUT2D eigenvalue weighted by Gasteiger charge is 2.00. The molecule has 0 aliphatic rings. The summed E-state index contributed by atoms with van der Waals surface area (Å²) in [5.74, 6) is 0.353. The standard InChI is InChI=1S/C12H18FNOS/c1-3-4-14-5-6-15-11-7-10(13)8-12(9-11)16-2/h7-9,14H,3-6H2,1-2H3. The van der Waals surface area contributed by atoms with Gasteiger partial charge >= 0.3 is 0 Å². The largest absolute Gasteiger partial charge is 0.492 e. The summed E-state index contributed by atoms with van der Waals surface area (Å²) >= 11 is 1.51. The molecule has 0 saturated heterocycles. The quantitative estimate of drug-likeness (QED) is 0.587. The van der Waals surface area contributed by atoms with Crippen molar-refractivity contribution in [2.45, 2.75) is 18.2 Å². The molecule has 1 N–H and O–H groups in total. The lowest BCUT2D eigenvalue weighted by molar-refractivity contribution is 0.312. The molecule has 0 aromatic heterocycles. The normalized spacial score (nSPS) is 10.4. The van der Waals surface area contributed by atoms with Gasteiger partial charge in [0.25, 0.3) is 0 Å². The van der Waals surface area contributed by atoms with Crippen LogP contribution in [-0.4, -0.2) is 26.0 Å². The molecular weight excluding hydrogens is 225 g/mol. The molecule has 0 aliphatic carbocycles. The van der Waals surface area contributed by atoms with Crippen LogP contribution in [0, 0.1) is 5.82 Å². The third kappa shape index (κ3) is 4.86. The topological polar surface area (TPSA) is 21.3 Å². The average molecular weight is 243 g/mol. The van der Waals surface area contributed by atoms with Gasteiger partial charge in [-0.3, -0.25) is 0 Å². The first kappa shape index (κ1) is 13.3. The molecule has 0 unspecified atom stereocenters. The highest BCUT2D eigenvalue weighted by Crippen LogP contribution is 2.22. The van der Waals surface area contributed by atoms with E-state index in [1.807, 2.05) is 12.3 Å². The number of nitrogens with one attached hydrogen (secondary N) is 1. The molecule has 0 fully saturated rings. The fourth-order valence-corrected chi connectivity index (χ4v) is 1.75. The first-order valence-electron chi connectivity index (χ1n) is 5.44. The van der Waals surface area contributed by atoms with Crippen molar-refractivity contribution in [3.05, 3.63) is 24.0 Å². The number of hydrogen-bond donors (Lipinski definition) is 1. The predicted molar refractivity (Wildman–Crippen MR) is 66.8 cm³/mol. The fourth-order valence-electron chi connectivity index (χ4n) is 1.28. The van der Waals surface area contributed by atoms with E-state index in [4.69, 9.17) is 4.74 Å². The summed E-state index contributed by atoms with van der Waals surface area (Å²) < 4.78 is 18.6. The Kier molecular flexibility index (Phi) is 6.26. The minimum Gasteiger partial charge on any atom is -0.492 e. The van der Waals surface area contributed by atoms with Crippen molar-refractivity contribution in [3.8, 4) is 5.75 Å². The van der Waals surface area contributed by atoms with Gasteiger partial charge in [0, 0.05) is 17.5 Å². The molecular formula is C12H18FNOS. The zero-order valence-corrected chi connectivity index (χ0v) is 10.6. The molecule has 16 heavy (non-hydrogen) atoms. The highest BCUT2D eigenvalue weighted by atomic mass is 32.2. The van der Waals surface area contributed by atoms with E-state index in [1.165, 1.54) is 23.9 Å². The molecule has 0 aliphatic heterocycles. The van der Waals surface area contributed by atoms with Gasteiger partial charge in [0.05, 0.1) is 0 Å². The maximum Gasteiger partial charge on any atom is 0.128 e. The van der Waals surface area contributed by atoms with Gasteiger partial charge in [0.15, 0.2) is 0 Å². The lowest BCUT2D eigenvalue weighted by atomic mass is 10.3. The third-order valence-electron chi connectivity index (χ3n) is 2.05. The van der Waals surface area contributed by atoms with Gasteiger partial charge in [-0.25, -0.2) is 4.39 Å². The van der Waals surface area contributed by atoms with E-state index in [1.54, 1.807) is 0 Å².